The lowest BCUT2D eigenvalue weighted by atomic mass is 10.1. The van der Waals surface area contributed by atoms with Gasteiger partial charge in [-0.3, -0.25) is 4.79 Å². The van der Waals surface area contributed by atoms with Gasteiger partial charge in [-0.1, -0.05) is 6.07 Å². The molecule has 0 aliphatic rings. The number of aliphatic carboxylic acids is 1. The Morgan fingerprint density at radius 1 is 1.35 bits per heavy atom. The molecule has 0 radical (unpaired) electrons. The summed E-state index contributed by atoms with van der Waals surface area (Å²) < 4.78 is 5.10. The highest BCUT2D eigenvalue weighted by atomic mass is 16.5. The quantitative estimate of drug-likeness (QED) is 0.811. The first-order valence-electron chi connectivity index (χ1n) is 6.14. The zero-order chi connectivity index (χ0) is 15.3. The van der Waals surface area contributed by atoms with Crippen molar-refractivity contribution in [1.29, 1.82) is 0 Å². The van der Waals surface area contributed by atoms with Crippen molar-refractivity contribution in [2.45, 2.75) is 26.4 Å². The number of carbonyl (C=O) groups is 2. The van der Waals surface area contributed by atoms with E-state index in [1.54, 1.807) is 26.0 Å². The largest absolute Gasteiger partial charge is 0.478 e. The van der Waals surface area contributed by atoms with Crippen molar-refractivity contribution in [2.24, 2.45) is 0 Å². The van der Waals surface area contributed by atoms with Crippen LogP contribution in [-0.4, -0.2) is 29.7 Å². The number of carboxylic acids is 1. The molecule has 1 aromatic carbocycles. The Morgan fingerprint density at radius 3 is 2.55 bits per heavy atom. The third kappa shape index (κ3) is 4.20. The van der Waals surface area contributed by atoms with Crippen molar-refractivity contribution in [2.75, 3.05) is 12.4 Å². The van der Waals surface area contributed by atoms with Gasteiger partial charge in [0.15, 0.2) is 0 Å². The number of carboxylic acid groups (broad SMARTS) is 1. The maximum absolute atomic E-state index is 12.0. The molecule has 0 fully saturated rings. The summed E-state index contributed by atoms with van der Waals surface area (Å²) in [5.41, 5.74) is 1.32. The van der Waals surface area contributed by atoms with Gasteiger partial charge >= 0.3 is 5.97 Å². The second kappa shape index (κ2) is 6.34. The van der Waals surface area contributed by atoms with Crippen molar-refractivity contribution in [3.8, 4) is 0 Å². The van der Waals surface area contributed by atoms with Crippen molar-refractivity contribution in [3.63, 3.8) is 0 Å². The average Bonchev–Trinajstić information content (AvgIpc) is 2.39. The molecular formula is C15H19NO4. The second-order valence-electron chi connectivity index (χ2n) is 4.91. The lowest BCUT2D eigenvalue weighted by Gasteiger charge is -2.21. The molecule has 0 unspecified atom stereocenters. The van der Waals surface area contributed by atoms with Gasteiger partial charge in [-0.25, -0.2) is 4.79 Å². The first-order chi connectivity index (χ1) is 9.26. The van der Waals surface area contributed by atoms with Gasteiger partial charge in [0, 0.05) is 18.9 Å². The van der Waals surface area contributed by atoms with Gasteiger partial charge in [0.05, 0.1) is 0 Å². The molecule has 1 aromatic rings. The number of aryl methyl sites for hydroxylation is 1. The molecule has 0 bridgehead atoms. The lowest BCUT2D eigenvalue weighted by molar-refractivity contribution is -0.133. The van der Waals surface area contributed by atoms with Gasteiger partial charge in [0.25, 0.3) is 5.91 Å². The highest BCUT2D eigenvalue weighted by molar-refractivity contribution is 5.97. The molecule has 20 heavy (non-hydrogen) atoms. The van der Waals surface area contributed by atoms with Crippen molar-refractivity contribution >= 4 is 23.6 Å². The number of hydrogen-bond donors (Lipinski definition) is 2. The fourth-order valence-electron chi connectivity index (χ4n) is 1.43. The van der Waals surface area contributed by atoms with Crippen molar-refractivity contribution in [3.05, 3.63) is 35.4 Å². The zero-order valence-electron chi connectivity index (χ0n) is 12.1. The number of hydrogen-bond acceptors (Lipinski definition) is 3. The zero-order valence-corrected chi connectivity index (χ0v) is 12.1. The predicted molar refractivity (Wildman–Crippen MR) is 77.6 cm³/mol. The van der Waals surface area contributed by atoms with E-state index in [4.69, 9.17) is 9.84 Å². The Labute approximate surface area is 118 Å². The Bertz CT molecular complexity index is 547. The summed E-state index contributed by atoms with van der Waals surface area (Å²) in [5.74, 6) is -1.28. The highest BCUT2D eigenvalue weighted by Crippen LogP contribution is 2.19. The molecule has 5 heteroatoms. The summed E-state index contributed by atoms with van der Waals surface area (Å²) in [5, 5.41) is 11.4. The molecule has 0 saturated heterocycles. The monoisotopic (exact) mass is 277 g/mol. The van der Waals surface area contributed by atoms with Crippen LogP contribution in [0.2, 0.25) is 0 Å². The highest BCUT2D eigenvalue weighted by Gasteiger charge is 2.26. The molecular weight excluding hydrogens is 258 g/mol. The first kappa shape index (κ1) is 15.9. The molecule has 2 N–H and O–H groups in total. The van der Waals surface area contributed by atoms with Crippen LogP contribution in [0.25, 0.3) is 6.08 Å². The summed E-state index contributed by atoms with van der Waals surface area (Å²) in [6.07, 6.45) is 2.56. The van der Waals surface area contributed by atoms with Crippen LogP contribution in [-0.2, 0) is 14.3 Å². The van der Waals surface area contributed by atoms with Gasteiger partial charge in [-0.05, 0) is 50.1 Å². The van der Waals surface area contributed by atoms with Crippen LogP contribution < -0.4 is 5.32 Å². The topological polar surface area (TPSA) is 75.6 Å². The minimum absolute atomic E-state index is 0.267. The summed E-state index contributed by atoms with van der Waals surface area (Å²) in [6.45, 7) is 5.20. The minimum atomic E-state index is -1.01. The molecule has 0 aliphatic carbocycles. The number of anilines is 1. The van der Waals surface area contributed by atoms with E-state index in [1.165, 1.54) is 13.2 Å². The third-order valence-electron chi connectivity index (χ3n) is 3.00. The van der Waals surface area contributed by atoms with Crippen LogP contribution in [0.15, 0.2) is 24.3 Å². The van der Waals surface area contributed by atoms with E-state index in [1.807, 2.05) is 13.0 Å². The molecule has 0 atom stereocenters. The summed E-state index contributed by atoms with van der Waals surface area (Å²) in [6, 6.07) is 5.30. The van der Waals surface area contributed by atoms with Crippen LogP contribution in [0.4, 0.5) is 5.69 Å². The van der Waals surface area contributed by atoms with E-state index in [0.717, 1.165) is 17.2 Å². The van der Waals surface area contributed by atoms with E-state index >= 15 is 0 Å². The molecule has 0 heterocycles. The minimum Gasteiger partial charge on any atom is -0.478 e. The Morgan fingerprint density at radius 2 is 2.00 bits per heavy atom. The molecule has 5 nitrogen and oxygen atoms in total. The molecule has 0 spiro atoms. The molecule has 1 amide bonds. The Kier molecular flexibility index (Phi) is 5.05. The predicted octanol–water partition coefficient (Wildman–Crippen LogP) is 2.46. The van der Waals surface area contributed by atoms with Crippen LogP contribution in [0, 0.1) is 6.92 Å². The van der Waals surface area contributed by atoms with Gasteiger partial charge < -0.3 is 15.2 Å². The van der Waals surface area contributed by atoms with Gasteiger partial charge in [0.1, 0.15) is 5.60 Å². The molecule has 0 aromatic heterocycles. The summed E-state index contributed by atoms with van der Waals surface area (Å²) in [4.78, 5) is 22.5. The Balaban J connectivity index is 2.96. The number of benzene rings is 1. The normalized spacial score (nSPS) is 11.6. The Hall–Kier alpha value is -2.14. The smallest absolute Gasteiger partial charge is 0.328 e. The summed E-state index contributed by atoms with van der Waals surface area (Å²) in [7, 11) is 1.47. The fraction of sp³-hybridized carbons (Fsp3) is 0.333. The van der Waals surface area contributed by atoms with Crippen LogP contribution in [0.5, 0.6) is 0 Å². The van der Waals surface area contributed by atoms with E-state index < -0.39 is 11.6 Å². The molecule has 0 saturated carbocycles. The second-order valence-corrected chi connectivity index (χ2v) is 4.91. The van der Waals surface area contributed by atoms with E-state index in [-0.39, 0.29) is 5.91 Å². The number of nitrogens with one attached hydrogen (secondary N) is 1. The number of carbonyl (C=O) groups excluding carboxylic acids is 1. The van der Waals surface area contributed by atoms with Crippen LogP contribution in [0.1, 0.15) is 25.0 Å². The first-order valence-corrected chi connectivity index (χ1v) is 6.14. The number of amides is 1. The maximum atomic E-state index is 12.0. The van der Waals surface area contributed by atoms with Crippen LogP contribution >= 0.6 is 0 Å². The number of ether oxygens (including phenoxy) is 1. The van der Waals surface area contributed by atoms with Gasteiger partial charge in [0.2, 0.25) is 0 Å². The van der Waals surface area contributed by atoms with Crippen LogP contribution in [0.3, 0.4) is 0 Å². The van der Waals surface area contributed by atoms with E-state index in [0.29, 0.717) is 5.69 Å². The lowest BCUT2D eigenvalue weighted by Crippen LogP contribution is -2.38. The standard InChI is InChI=1S/C15H19NO4/c1-10-5-7-12(9-11(10)6-8-13(17)18)16-14(19)15(2,3)20-4/h5-9H,1-4H3,(H,16,19)(H,17,18)/b8-6+. The van der Waals surface area contributed by atoms with E-state index in [2.05, 4.69) is 5.32 Å². The summed E-state index contributed by atoms with van der Waals surface area (Å²) >= 11 is 0. The number of rotatable bonds is 5. The molecule has 1 rings (SSSR count). The van der Waals surface area contributed by atoms with Crippen molar-refractivity contribution in [1.82, 2.24) is 0 Å². The molecule has 108 valence electrons. The molecule has 0 aliphatic heterocycles. The van der Waals surface area contributed by atoms with Crippen molar-refractivity contribution < 1.29 is 19.4 Å². The maximum Gasteiger partial charge on any atom is 0.328 e. The third-order valence-corrected chi connectivity index (χ3v) is 3.00. The SMILES string of the molecule is COC(C)(C)C(=O)Nc1ccc(C)c(/C=C/C(=O)O)c1. The average molecular weight is 277 g/mol. The van der Waals surface area contributed by atoms with E-state index in [9.17, 15) is 9.59 Å². The van der Waals surface area contributed by atoms with Gasteiger partial charge in [-0.15, -0.1) is 0 Å². The van der Waals surface area contributed by atoms with Gasteiger partial charge in [-0.2, -0.15) is 0 Å². The number of methoxy groups -OCH3 is 1. The fourth-order valence-corrected chi connectivity index (χ4v) is 1.43.